The lowest BCUT2D eigenvalue weighted by atomic mass is 10.2. The molecule has 1 aliphatic carbocycles. The smallest absolute Gasteiger partial charge is 0.240 e. The molecule has 1 aromatic rings. The van der Waals surface area contributed by atoms with Crippen molar-refractivity contribution in [1.82, 2.24) is 4.98 Å². The maximum Gasteiger partial charge on any atom is 0.443 e. The van der Waals surface area contributed by atoms with Crippen LogP contribution in [0, 0.1) is 0 Å². The third-order valence-electron chi connectivity index (χ3n) is 2.14. The Labute approximate surface area is 93.6 Å². The van der Waals surface area contributed by atoms with Gasteiger partial charge < -0.3 is 0 Å². The van der Waals surface area contributed by atoms with Crippen LogP contribution >= 0.6 is 22.9 Å². The van der Waals surface area contributed by atoms with E-state index in [1.807, 2.05) is 0 Å². The van der Waals surface area contributed by atoms with Crippen LogP contribution in [0.1, 0.15) is 22.7 Å². The summed E-state index contributed by atoms with van der Waals surface area (Å²) in [6.45, 7) is 0. The molecule has 0 bridgehead atoms. The average Bonchev–Trinajstić information content (AvgIpc) is 2.69. The molecule has 82 valence electrons. The number of nitrogens with zero attached hydrogens (tertiary/aromatic N) is 1. The molecule has 1 nitrogen and oxygen atoms in total. The van der Waals surface area contributed by atoms with Crippen LogP contribution in [0.3, 0.4) is 0 Å². The van der Waals surface area contributed by atoms with Crippen molar-refractivity contribution in [2.75, 3.05) is 0 Å². The van der Waals surface area contributed by atoms with E-state index in [1.165, 1.54) is 6.20 Å². The minimum atomic E-state index is -4.34. The summed E-state index contributed by atoms with van der Waals surface area (Å²) in [5, 5.41) is -0.854. The van der Waals surface area contributed by atoms with Gasteiger partial charge in [0.05, 0.1) is 10.3 Å². The topological polar surface area (TPSA) is 12.9 Å². The molecule has 1 aromatic heterocycles. The van der Waals surface area contributed by atoms with Crippen molar-refractivity contribution in [1.29, 1.82) is 0 Å². The Kier molecular flexibility index (Phi) is 2.77. The molecule has 1 unspecified atom stereocenters. The summed E-state index contributed by atoms with van der Waals surface area (Å²) >= 11 is 6.52. The van der Waals surface area contributed by atoms with Crippen LogP contribution in [-0.2, 0) is 6.18 Å². The van der Waals surface area contributed by atoms with E-state index in [9.17, 15) is 13.2 Å². The number of hydrogen-bond acceptors (Lipinski definition) is 2. The molecule has 0 aromatic carbocycles. The highest BCUT2D eigenvalue weighted by Crippen LogP contribution is 2.38. The lowest BCUT2D eigenvalue weighted by Crippen LogP contribution is -2.02. The molecule has 0 spiro atoms. The van der Waals surface area contributed by atoms with Crippen LogP contribution in [-0.4, -0.2) is 10.4 Å². The van der Waals surface area contributed by atoms with Gasteiger partial charge in [0, 0.05) is 6.20 Å². The summed E-state index contributed by atoms with van der Waals surface area (Å²) in [7, 11) is 0. The van der Waals surface area contributed by atoms with Gasteiger partial charge in [-0.2, -0.15) is 13.2 Å². The molecule has 0 aliphatic heterocycles. The third kappa shape index (κ3) is 2.34. The van der Waals surface area contributed by atoms with Crippen molar-refractivity contribution in [3.63, 3.8) is 0 Å². The number of allylic oxidation sites excluding steroid dienone is 2. The highest BCUT2D eigenvalue weighted by atomic mass is 35.5. The zero-order valence-corrected chi connectivity index (χ0v) is 9.09. The number of hydrogen-bond donors (Lipinski definition) is 0. The van der Waals surface area contributed by atoms with Gasteiger partial charge in [0.25, 0.3) is 0 Å². The SMILES string of the molecule is FC(F)(F)c1ncc(C2=CC(Cl)CC2)s1. The Morgan fingerprint density at radius 2 is 2.20 bits per heavy atom. The van der Waals surface area contributed by atoms with Gasteiger partial charge in [0.2, 0.25) is 0 Å². The van der Waals surface area contributed by atoms with E-state index in [-0.39, 0.29) is 5.38 Å². The lowest BCUT2D eigenvalue weighted by Gasteiger charge is -1.99. The molecule has 15 heavy (non-hydrogen) atoms. The molecule has 1 aliphatic rings. The van der Waals surface area contributed by atoms with Crippen molar-refractivity contribution in [2.24, 2.45) is 0 Å². The van der Waals surface area contributed by atoms with Gasteiger partial charge in [-0.3, -0.25) is 0 Å². The maximum atomic E-state index is 12.3. The van der Waals surface area contributed by atoms with Gasteiger partial charge >= 0.3 is 6.18 Å². The molecule has 0 N–H and O–H groups in total. The number of alkyl halides is 4. The molecule has 0 saturated carbocycles. The summed E-state index contributed by atoms with van der Waals surface area (Å²) < 4.78 is 36.8. The fraction of sp³-hybridized carbons (Fsp3) is 0.444. The Hall–Kier alpha value is -0.550. The third-order valence-corrected chi connectivity index (χ3v) is 3.60. The highest BCUT2D eigenvalue weighted by molar-refractivity contribution is 7.12. The van der Waals surface area contributed by atoms with Crippen LogP contribution in [0.4, 0.5) is 13.2 Å². The fourth-order valence-corrected chi connectivity index (χ4v) is 2.53. The van der Waals surface area contributed by atoms with Crippen molar-refractivity contribution in [2.45, 2.75) is 24.4 Å². The van der Waals surface area contributed by atoms with Gasteiger partial charge in [-0.05, 0) is 18.4 Å². The van der Waals surface area contributed by atoms with E-state index in [0.29, 0.717) is 16.2 Å². The van der Waals surface area contributed by atoms with Gasteiger partial charge in [-0.25, -0.2) is 4.98 Å². The Morgan fingerprint density at radius 1 is 1.47 bits per heavy atom. The van der Waals surface area contributed by atoms with E-state index >= 15 is 0 Å². The monoisotopic (exact) mass is 253 g/mol. The number of halogens is 4. The minimum absolute atomic E-state index is 0.0589. The Balaban J connectivity index is 2.25. The van der Waals surface area contributed by atoms with Gasteiger partial charge in [0.15, 0.2) is 5.01 Å². The first-order chi connectivity index (χ1) is 6.97. The quantitative estimate of drug-likeness (QED) is 0.691. The molecular formula is C9H7ClF3NS. The minimum Gasteiger partial charge on any atom is -0.240 e. The Morgan fingerprint density at radius 3 is 2.67 bits per heavy atom. The summed E-state index contributed by atoms with van der Waals surface area (Å²) in [4.78, 5) is 3.94. The summed E-state index contributed by atoms with van der Waals surface area (Å²) in [5.41, 5.74) is 0.878. The van der Waals surface area contributed by atoms with Crippen LogP contribution in [0.15, 0.2) is 12.3 Å². The predicted octanol–water partition coefficient (Wildman–Crippen LogP) is 3.95. The molecule has 2 rings (SSSR count). The molecule has 0 saturated heterocycles. The second-order valence-electron chi connectivity index (χ2n) is 3.27. The second-order valence-corrected chi connectivity index (χ2v) is 4.87. The fourth-order valence-electron chi connectivity index (χ4n) is 1.44. The molecule has 0 fully saturated rings. The largest absolute Gasteiger partial charge is 0.443 e. The van der Waals surface area contributed by atoms with E-state index in [2.05, 4.69) is 4.98 Å². The van der Waals surface area contributed by atoms with Crippen molar-refractivity contribution in [3.8, 4) is 0 Å². The summed E-state index contributed by atoms with van der Waals surface area (Å²) in [6.07, 6.45) is 0.246. The summed E-state index contributed by atoms with van der Waals surface area (Å²) in [5.74, 6) is 0. The predicted molar refractivity (Wildman–Crippen MR) is 54.0 cm³/mol. The van der Waals surface area contributed by atoms with Crippen LogP contribution in [0.25, 0.3) is 5.57 Å². The van der Waals surface area contributed by atoms with Crippen LogP contribution in [0.5, 0.6) is 0 Å². The van der Waals surface area contributed by atoms with Gasteiger partial charge in [0.1, 0.15) is 0 Å². The second kappa shape index (κ2) is 3.79. The van der Waals surface area contributed by atoms with Crippen molar-refractivity contribution < 1.29 is 13.2 Å². The van der Waals surface area contributed by atoms with Gasteiger partial charge in [-0.1, -0.05) is 6.08 Å². The zero-order valence-electron chi connectivity index (χ0n) is 7.51. The Bertz CT molecular complexity index is 396. The lowest BCUT2D eigenvalue weighted by molar-refractivity contribution is -0.137. The highest BCUT2D eigenvalue weighted by Gasteiger charge is 2.35. The van der Waals surface area contributed by atoms with E-state index in [4.69, 9.17) is 11.6 Å². The molecular weight excluding hydrogens is 247 g/mol. The normalized spacial score (nSPS) is 21.9. The average molecular weight is 254 g/mol. The van der Waals surface area contributed by atoms with E-state index in [0.717, 1.165) is 18.4 Å². The number of thiazole rings is 1. The first-order valence-electron chi connectivity index (χ1n) is 4.35. The maximum absolute atomic E-state index is 12.3. The molecule has 1 heterocycles. The van der Waals surface area contributed by atoms with E-state index < -0.39 is 11.2 Å². The van der Waals surface area contributed by atoms with Crippen molar-refractivity contribution in [3.05, 3.63) is 22.2 Å². The first kappa shape index (κ1) is 11.0. The number of aromatic nitrogens is 1. The molecule has 0 amide bonds. The standard InChI is InChI=1S/C9H7ClF3NS/c10-6-2-1-5(3-6)7-4-14-8(15-7)9(11,12)13/h3-4,6H,1-2H2. The molecule has 0 radical (unpaired) electrons. The molecule has 1 atom stereocenters. The first-order valence-corrected chi connectivity index (χ1v) is 5.60. The number of rotatable bonds is 1. The van der Waals surface area contributed by atoms with Crippen LogP contribution in [0.2, 0.25) is 0 Å². The summed E-state index contributed by atoms with van der Waals surface area (Å²) in [6, 6.07) is 0. The van der Waals surface area contributed by atoms with E-state index in [1.54, 1.807) is 6.08 Å². The van der Waals surface area contributed by atoms with Crippen LogP contribution < -0.4 is 0 Å². The van der Waals surface area contributed by atoms with Gasteiger partial charge in [-0.15, -0.1) is 22.9 Å². The molecule has 6 heteroatoms. The zero-order chi connectivity index (χ0) is 11.1. The van der Waals surface area contributed by atoms with Crippen molar-refractivity contribution >= 4 is 28.5 Å².